The summed E-state index contributed by atoms with van der Waals surface area (Å²) in [6.45, 7) is 0. The van der Waals surface area contributed by atoms with Gasteiger partial charge in [0.05, 0.1) is 10.2 Å². The van der Waals surface area contributed by atoms with Crippen molar-refractivity contribution >= 4 is 43.5 Å². The Morgan fingerprint density at radius 3 is 2.57 bits per heavy atom. The predicted molar refractivity (Wildman–Crippen MR) is 89.0 cm³/mol. The van der Waals surface area contributed by atoms with E-state index < -0.39 is 0 Å². The molecule has 0 N–H and O–H groups in total. The minimum atomic E-state index is -0.321. The lowest BCUT2D eigenvalue weighted by molar-refractivity contribution is 0.627. The first-order valence-electron chi connectivity index (χ1n) is 6.74. The molecule has 6 heteroatoms. The van der Waals surface area contributed by atoms with Gasteiger partial charge in [-0.3, -0.25) is 0 Å². The fraction of sp³-hybridized carbons (Fsp3) is 0.333. The summed E-state index contributed by atoms with van der Waals surface area (Å²) in [5.41, 5.74) is 1.54. The second kappa shape index (κ2) is 6.31. The van der Waals surface area contributed by atoms with Crippen LogP contribution in [0.5, 0.6) is 0 Å². The van der Waals surface area contributed by atoms with E-state index in [1.807, 2.05) is 0 Å². The lowest BCUT2D eigenvalue weighted by Gasteiger charge is -2.14. The van der Waals surface area contributed by atoms with Gasteiger partial charge in [-0.25, -0.2) is 14.4 Å². The highest BCUT2D eigenvalue weighted by molar-refractivity contribution is 9.11. The molecule has 0 bridgehead atoms. The van der Waals surface area contributed by atoms with Crippen molar-refractivity contribution in [2.24, 2.45) is 0 Å². The van der Waals surface area contributed by atoms with Gasteiger partial charge in [0, 0.05) is 16.0 Å². The molecule has 2 nitrogen and oxygen atoms in total. The molecule has 1 heterocycles. The van der Waals surface area contributed by atoms with Gasteiger partial charge in [-0.2, -0.15) is 0 Å². The van der Waals surface area contributed by atoms with Crippen LogP contribution in [0.4, 0.5) is 4.39 Å². The van der Waals surface area contributed by atoms with Gasteiger partial charge < -0.3 is 0 Å². The van der Waals surface area contributed by atoms with Crippen molar-refractivity contribution in [2.75, 3.05) is 0 Å². The molecule has 0 spiro atoms. The zero-order valence-electron chi connectivity index (χ0n) is 11.0. The molecular weight excluding hydrogens is 422 g/mol. The zero-order valence-corrected chi connectivity index (χ0v) is 15.0. The third-order valence-electron chi connectivity index (χ3n) is 3.75. The topological polar surface area (TPSA) is 25.8 Å². The molecule has 1 aliphatic rings. The van der Waals surface area contributed by atoms with E-state index in [2.05, 4.69) is 41.8 Å². The zero-order chi connectivity index (χ0) is 15.0. The Labute approximate surface area is 144 Å². The molecule has 0 amide bonds. The average Bonchev–Trinajstić information content (AvgIpc) is 2.98. The molecule has 2 aromatic rings. The highest BCUT2D eigenvalue weighted by Gasteiger charge is 2.24. The highest BCUT2D eigenvalue weighted by atomic mass is 79.9. The molecule has 3 rings (SSSR count). The van der Waals surface area contributed by atoms with Gasteiger partial charge in [-0.15, -0.1) is 0 Å². The quantitative estimate of drug-likeness (QED) is 0.532. The Bertz CT molecular complexity index is 688. The first kappa shape index (κ1) is 15.4. The normalized spacial score (nSPS) is 15.6. The van der Waals surface area contributed by atoms with E-state index in [-0.39, 0.29) is 5.82 Å². The van der Waals surface area contributed by atoms with Gasteiger partial charge in [0.1, 0.15) is 11.0 Å². The molecule has 0 unspecified atom stereocenters. The maximum Gasteiger partial charge on any atom is 0.162 e. The van der Waals surface area contributed by atoms with E-state index in [1.54, 1.807) is 6.07 Å². The van der Waals surface area contributed by atoms with E-state index >= 15 is 0 Å². The molecule has 1 aromatic carbocycles. The van der Waals surface area contributed by atoms with Crippen LogP contribution < -0.4 is 0 Å². The third kappa shape index (κ3) is 3.15. The molecule has 0 saturated heterocycles. The van der Waals surface area contributed by atoms with Gasteiger partial charge in [-0.05, 0) is 47.0 Å². The molecule has 1 saturated carbocycles. The van der Waals surface area contributed by atoms with Crippen molar-refractivity contribution in [3.63, 3.8) is 0 Å². The second-order valence-electron chi connectivity index (χ2n) is 5.14. The van der Waals surface area contributed by atoms with Crippen molar-refractivity contribution in [3.05, 3.63) is 43.8 Å². The Morgan fingerprint density at radius 2 is 1.86 bits per heavy atom. The monoisotopic (exact) mass is 432 g/mol. The number of hydrogen-bond donors (Lipinski definition) is 0. The fourth-order valence-electron chi connectivity index (χ4n) is 2.69. The average molecular weight is 435 g/mol. The van der Waals surface area contributed by atoms with Crippen LogP contribution in [0.25, 0.3) is 11.4 Å². The predicted octanol–water partition coefficient (Wildman–Crippen LogP) is 6.12. The number of hydrogen-bond acceptors (Lipinski definition) is 2. The summed E-state index contributed by atoms with van der Waals surface area (Å²) >= 11 is 13.1. The molecule has 0 radical (unpaired) electrons. The Kier molecular flexibility index (Phi) is 4.62. The molecule has 1 fully saturated rings. The van der Waals surface area contributed by atoms with Crippen molar-refractivity contribution in [1.82, 2.24) is 9.97 Å². The smallest absolute Gasteiger partial charge is 0.162 e. The van der Waals surface area contributed by atoms with Crippen LogP contribution >= 0.6 is 43.5 Å². The highest BCUT2D eigenvalue weighted by Crippen LogP contribution is 2.40. The molecule has 0 atom stereocenters. The van der Waals surface area contributed by atoms with Gasteiger partial charge in [0.25, 0.3) is 0 Å². The molecule has 110 valence electrons. The summed E-state index contributed by atoms with van der Waals surface area (Å²) in [4.78, 5) is 8.94. The first-order valence-corrected chi connectivity index (χ1v) is 8.71. The van der Waals surface area contributed by atoms with Crippen LogP contribution in [0.15, 0.2) is 27.1 Å². The largest absolute Gasteiger partial charge is 0.231 e. The van der Waals surface area contributed by atoms with E-state index in [0.717, 1.165) is 27.5 Å². The Hall–Kier alpha value is -0.520. The fourth-order valence-corrected chi connectivity index (χ4v) is 3.80. The molecule has 0 aliphatic heterocycles. The van der Waals surface area contributed by atoms with E-state index in [0.29, 0.717) is 22.5 Å². The molecule has 21 heavy (non-hydrogen) atoms. The summed E-state index contributed by atoms with van der Waals surface area (Å²) in [5, 5.41) is 0.373. The SMILES string of the molecule is Fc1ccc(Br)c(-c2nc(Cl)c(Br)c(C3CCCC3)n2)c1. The van der Waals surface area contributed by atoms with Gasteiger partial charge >= 0.3 is 0 Å². The van der Waals surface area contributed by atoms with E-state index in [9.17, 15) is 4.39 Å². The van der Waals surface area contributed by atoms with Crippen LogP contribution in [0.2, 0.25) is 5.15 Å². The summed E-state index contributed by atoms with van der Waals surface area (Å²) in [7, 11) is 0. The Morgan fingerprint density at radius 1 is 1.14 bits per heavy atom. The van der Waals surface area contributed by atoms with Crippen molar-refractivity contribution in [1.29, 1.82) is 0 Å². The van der Waals surface area contributed by atoms with E-state index in [4.69, 9.17) is 11.6 Å². The lowest BCUT2D eigenvalue weighted by atomic mass is 10.0. The number of rotatable bonds is 2. The molecule has 1 aromatic heterocycles. The minimum Gasteiger partial charge on any atom is -0.231 e. The number of aromatic nitrogens is 2. The Balaban J connectivity index is 2.13. The molecule has 1 aliphatic carbocycles. The van der Waals surface area contributed by atoms with E-state index in [1.165, 1.54) is 25.0 Å². The minimum absolute atomic E-state index is 0.321. The first-order chi connectivity index (χ1) is 10.1. The maximum absolute atomic E-state index is 13.5. The molecular formula is C15H12Br2ClFN2. The van der Waals surface area contributed by atoms with Crippen LogP contribution in [0, 0.1) is 5.82 Å². The lowest BCUT2D eigenvalue weighted by Crippen LogP contribution is -2.03. The third-order valence-corrected chi connectivity index (χ3v) is 5.72. The number of halogens is 4. The maximum atomic E-state index is 13.5. The van der Waals surface area contributed by atoms with Crippen molar-refractivity contribution in [2.45, 2.75) is 31.6 Å². The van der Waals surface area contributed by atoms with Crippen molar-refractivity contribution < 1.29 is 4.39 Å². The van der Waals surface area contributed by atoms with Gasteiger partial charge in [-0.1, -0.05) is 40.4 Å². The van der Waals surface area contributed by atoms with Gasteiger partial charge in [0.2, 0.25) is 0 Å². The summed E-state index contributed by atoms with van der Waals surface area (Å²) in [5.74, 6) is 0.528. The van der Waals surface area contributed by atoms with Crippen molar-refractivity contribution in [3.8, 4) is 11.4 Å². The van der Waals surface area contributed by atoms with Crippen LogP contribution in [0.1, 0.15) is 37.3 Å². The standard InChI is InChI=1S/C15H12Br2ClFN2/c16-11-6-5-9(19)7-10(11)15-20-13(8-3-1-2-4-8)12(17)14(18)21-15/h5-8H,1-4H2. The van der Waals surface area contributed by atoms with Crippen LogP contribution in [-0.2, 0) is 0 Å². The van der Waals surface area contributed by atoms with Gasteiger partial charge in [0.15, 0.2) is 5.82 Å². The summed E-state index contributed by atoms with van der Waals surface area (Å²) < 4.78 is 15.0. The number of benzene rings is 1. The second-order valence-corrected chi connectivity index (χ2v) is 7.15. The van der Waals surface area contributed by atoms with Crippen LogP contribution in [0.3, 0.4) is 0 Å². The summed E-state index contributed by atoms with van der Waals surface area (Å²) in [6.07, 6.45) is 4.63. The number of nitrogens with zero attached hydrogens (tertiary/aromatic N) is 2. The van der Waals surface area contributed by atoms with Crippen LogP contribution in [-0.4, -0.2) is 9.97 Å². The summed E-state index contributed by atoms with van der Waals surface area (Å²) in [6, 6.07) is 4.47.